The summed E-state index contributed by atoms with van der Waals surface area (Å²) < 4.78 is 5.21. The minimum Gasteiger partial charge on any atom is -0.439 e. The van der Waals surface area contributed by atoms with Crippen molar-refractivity contribution in [3.05, 3.63) is 24.4 Å². The molecule has 2 rings (SSSR count). The van der Waals surface area contributed by atoms with E-state index in [1.807, 2.05) is 20.0 Å². The monoisotopic (exact) mass is 222 g/mol. The first-order valence-electron chi connectivity index (χ1n) is 4.37. The lowest BCUT2D eigenvalue weighted by Crippen LogP contribution is -1.93. The van der Waals surface area contributed by atoms with Crippen LogP contribution in [0.1, 0.15) is 5.69 Å². The van der Waals surface area contributed by atoms with Crippen molar-refractivity contribution in [2.24, 2.45) is 0 Å². The van der Waals surface area contributed by atoms with Gasteiger partial charge in [0.1, 0.15) is 23.4 Å². The molecule has 15 heavy (non-hydrogen) atoms. The maximum absolute atomic E-state index is 5.21. The minimum absolute atomic E-state index is 0.591. The van der Waals surface area contributed by atoms with Gasteiger partial charge in [0.2, 0.25) is 0 Å². The highest BCUT2D eigenvalue weighted by Crippen LogP contribution is 2.25. The number of nitrogens with one attached hydrogen (secondary N) is 1. The summed E-state index contributed by atoms with van der Waals surface area (Å²) in [5, 5.41) is 4.34. The molecule has 2 heterocycles. The first kappa shape index (κ1) is 9.97. The van der Waals surface area contributed by atoms with Gasteiger partial charge in [0.25, 0.3) is 5.22 Å². The second-order valence-corrected chi connectivity index (χ2v) is 3.82. The number of oxazole rings is 1. The van der Waals surface area contributed by atoms with Crippen LogP contribution in [0.15, 0.2) is 33.3 Å². The van der Waals surface area contributed by atoms with E-state index >= 15 is 0 Å². The number of rotatable bonds is 3. The molecule has 0 aliphatic heterocycles. The zero-order valence-electron chi connectivity index (χ0n) is 8.39. The van der Waals surface area contributed by atoms with Gasteiger partial charge in [-0.05, 0) is 18.7 Å². The van der Waals surface area contributed by atoms with Crippen molar-refractivity contribution in [2.45, 2.75) is 17.2 Å². The molecular formula is C9H10N4OS. The second kappa shape index (κ2) is 4.31. The number of aromatic nitrogens is 3. The van der Waals surface area contributed by atoms with Gasteiger partial charge in [-0.1, -0.05) is 0 Å². The lowest BCUT2D eigenvalue weighted by atomic mass is 10.6. The van der Waals surface area contributed by atoms with E-state index in [-0.39, 0.29) is 0 Å². The van der Waals surface area contributed by atoms with Gasteiger partial charge in [0.15, 0.2) is 0 Å². The Bertz CT molecular complexity index is 457. The van der Waals surface area contributed by atoms with Crippen LogP contribution in [0, 0.1) is 6.92 Å². The van der Waals surface area contributed by atoms with Gasteiger partial charge < -0.3 is 9.73 Å². The Kier molecular flexibility index (Phi) is 2.86. The molecule has 0 saturated heterocycles. The molecule has 0 atom stereocenters. The first-order chi connectivity index (χ1) is 7.28. The van der Waals surface area contributed by atoms with Crippen molar-refractivity contribution in [3.8, 4) is 0 Å². The second-order valence-electron chi connectivity index (χ2n) is 2.85. The Balaban J connectivity index is 2.16. The smallest absolute Gasteiger partial charge is 0.262 e. The summed E-state index contributed by atoms with van der Waals surface area (Å²) in [6, 6.07) is 1.84. The molecule has 0 radical (unpaired) electrons. The van der Waals surface area contributed by atoms with Crippen molar-refractivity contribution in [1.29, 1.82) is 0 Å². The van der Waals surface area contributed by atoms with E-state index in [9.17, 15) is 0 Å². The number of nitrogens with zero attached hydrogens (tertiary/aromatic N) is 3. The van der Waals surface area contributed by atoms with E-state index < -0.39 is 0 Å². The Labute approximate surface area is 91.3 Å². The van der Waals surface area contributed by atoms with E-state index in [2.05, 4.69) is 20.3 Å². The first-order valence-corrected chi connectivity index (χ1v) is 5.19. The third-order valence-electron chi connectivity index (χ3n) is 1.69. The lowest BCUT2D eigenvalue weighted by molar-refractivity contribution is 0.454. The van der Waals surface area contributed by atoms with Gasteiger partial charge in [-0.3, -0.25) is 0 Å². The van der Waals surface area contributed by atoms with Crippen LogP contribution < -0.4 is 5.32 Å². The molecule has 2 aromatic rings. The molecule has 0 amide bonds. The van der Waals surface area contributed by atoms with Gasteiger partial charge >= 0.3 is 0 Å². The summed E-state index contributed by atoms with van der Waals surface area (Å²) in [6.45, 7) is 1.88. The Hall–Kier alpha value is -1.56. The van der Waals surface area contributed by atoms with Gasteiger partial charge in [0, 0.05) is 13.1 Å². The predicted molar refractivity (Wildman–Crippen MR) is 56.9 cm³/mol. The van der Waals surface area contributed by atoms with Crippen LogP contribution in [0.4, 0.5) is 5.82 Å². The van der Waals surface area contributed by atoms with Crippen LogP contribution in [-0.2, 0) is 0 Å². The molecule has 0 aliphatic carbocycles. The van der Waals surface area contributed by atoms with Gasteiger partial charge in [0.05, 0.1) is 5.69 Å². The fraction of sp³-hybridized carbons (Fsp3) is 0.222. The molecular weight excluding hydrogens is 212 g/mol. The Morgan fingerprint density at radius 2 is 2.27 bits per heavy atom. The molecule has 5 nitrogen and oxygen atoms in total. The quantitative estimate of drug-likeness (QED) is 0.801. The maximum Gasteiger partial charge on any atom is 0.262 e. The van der Waals surface area contributed by atoms with Crippen molar-refractivity contribution < 1.29 is 4.42 Å². The SMILES string of the molecule is CNc1cc(Sc2nc(C)co2)ncn1. The summed E-state index contributed by atoms with van der Waals surface area (Å²) in [4.78, 5) is 12.3. The van der Waals surface area contributed by atoms with E-state index in [0.29, 0.717) is 5.22 Å². The molecule has 0 spiro atoms. The average Bonchev–Trinajstić information content (AvgIpc) is 2.64. The van der Waals surface area contributed by atoms with E-state index in [0.717, 1.165) is 16.5 Å². The summed E-state index contributed by atoms with van der Waals surface area (Å²) in [5.41, 5.74) is 0.861. The number of hydrogen-bond acceptors (Lipinski definition) is 6. The fourth-order valence-corrected chi connectivity index (χ4v) is 1.74. The summed E-state index contributed by atoms with van der Waals surface area (Å²) in [5.74, 6) is 0.774. The van der Waals surface area contributed by atoms with Crippen LogP contribution >= 0.6 is 11.8 Å². The molecule has 2 aromatic heterocycles. The number of hydrogen-bond donors (Lipinski definition) is 1. The van der Waals surface area contributed by atoms with Crippen molar-refractivity contribution in [3.63, 3.8) is 0 Å². The zero-order valence-corrected chi connectivity index (χ0v) is 9.21. The van der Waals surface area contributed by atoms with Crippen LogP contribution in [0.2, 0.25) is 0 Å². The molecule has 0 unspecified atom stereocenters. The lowest BCUT2D eigenvalue weighted by Gasteiger charge is -1.99. The third-order valence-corrected chi connectivity index (χ3v) is 2.48. The van der Waals surface area contributed by atoms with Crippen molar-refractivity contribution >= 4 is 17.6 Å². The highest BCUT2D eigenvalue weighted by molar-refractivity contribution is 7.99. The predicted octanol–water partition coefficient (Wildman–Crippen LogP) is 1.97. The normalized spacial score (nSPS) is 10.3. The number of anilines is 1. The molecule has 1 N–H and O–H groups in total. The van der Waals surface area contributed by atoms with E-state index in [1.165, 1.54) is 18.1 Å². The highest BCUT2D eigenvalue weighted by Gasteiger charge is 2.05. The number of aryl methyl sites for hydroxylation is 1. The van der Waals surface area contributed by atoms with Crippen LogP contribution in [0.25, 0.3) is 0 Å². The molecule has 6 heteroatoms. The van der Waals surface area contributed by atoms with Gasteiger partial charge in [-0.25, -0.2) is 15.0 Å². The highest BCUT2D eigenvalue weighted by atomic mass is 32.2. The topological polar surface area (TPSA) is 63.8 Å². The zero-order chi connectivity index (χ0) is 10.7. The Morgan fingerprint density at radius 3 is 2.93 bits per heavy atom. The van der Waals surface area contributed by atoms with E-state index in [4.69, 9.17) is 4.42 Å². The summed E-state index contributed by atoms with van der Waals surface area (Å²) in [6.07, 6.45) is 3.12. The third kappa shape index (κ3) is 2.47. The maximum atomic E-state index is 5.21. The average molecular weight is 222 g/mol. The molecule has 0 bridgehead atoms. The van der Waals surface area contributed by atoms with Crippen LogP contribution in [0.3, 0.4) is 0 Å². The van der Waals surface area contributed by atoms with Gasteiger partial charge in [-0.15, -0.1) is 0 Å². The molecule has 0 fully saturated rings. The summed E-state index contributed by atoms with van der Waals surface area (Å²) in [7, 11) is 1.81. The van der Waals surface area contributed by atoms with Crippen molar-refractivity contribution in [1.82, 2.24) is 15.0 Å². The molecule has 78 valence electrons. The fourth-order valence-electron chi connectivity index (χ4n) is 1.00. The minimum atomic E-state index is 0.591. The summed E-state index contributed by atoms with van der Waals surface area (Å²) >= 11 is 1.37. The van der Waals surface area contributed by atoms with Crippen molar-refractivity contribution in [2.75, 3.05) is 12.4 Å². The molecule has 0 aromatic carbocycles. The van der Waals surface area contributed by atoms with Crippen LogP contribution in [0.5, 0.6) is 0 Å². The Morgan fingerprint density at radius 1 is 1.40 bits per heavy atom. The van der Waals surface area contributed by atoms with E-state index in [1.54, 1.807) is 6.26 Å². The molecule has 0 saturated carbocycles. The standard InChI is InChI=1S/C9H10N4OS/c1-6-4-14-9(13-6)15-8-3-7(10-2)11-5-12-8/h3-5H,1-2H3,(H,10,11,12). The van der Waals surface area contributed by atoms with Gasteiger partial charge in [-0.2, -0.15) is 0 Å². The molecule has 0 aliphatic rings. The van der Waals surface area contributed by atoms with Crippen LogP contribution in [-0.4, -0.2) is 22.0 Å². The largest absolute Gasteiger partial charge is 0.439 e.